The molecule has 2 atom stereocenters. The summed E-state index contributed by atoms with van der Waals surface area (Å²) in [6, 6.07) is 6.58. The number of rotatable bonds is 8. The number of benzene rings is 1. The summed E-state index contributed by atoms with van der Waals surface area (Å²) in [5.74, 6) is -3.80. The quantitative estimate of drug-likeness (QED) is 0.313. The molecule has 0 bridgehead atoms. The van der Waals surface area contributed by atoms with E-state index in [2.05, 4.69) is 18.1 Å². The number of alkyl halides is 2. The maximum absolute atomic E-state index is 14.2. The predicted molar refractivity (Wildman–Crippen MR) is 123 cm³/mol. The summed E-state index contributed by atoms with van der Waals surface area (Å²) in [5.41, 5.74) is 1.44. The van der Waals surface area contributed by atoms with Gasteiger partial charge in [0, 0.05) is 30.7 Å². The molecule has 2 nitrogen and oxygen atoms in total. The Morgan fingerprint density at radius 1 is 1.28 bits per heavy atom. The Morgan fingerprint density at radius 3 is 2.66 bits per heavy atom. The lowest BCUT2D eigenvalue weighted by Crippen LogP contribution is -2.29. The van der Waals surface area contributed by atoms with E-state index >= 15 is 0 Å². The minimum atomic E-state index is -2.94. The molecule has 168 valence electrons. The van der Waals surface area contributed by atoms with Crippen LogP contribution >= 0.6 is 0 Å². The molecular weight excluding hydrogens is 411 g/mol. The van der Waals surface area contributed by atoms with Crippen LogP contribution in [0.3, 0.4) is 0 Å². The van der Waals surface area contributed by atoms with Crippen molar-refractivity contribution in [3.63, 3.8) is 0 Å². The van der Waals surface area contributed by atoms with Crippen LogP contribution in [0.5, 0.6) is 0 Å². The van der Waals surface area contributed by atoms with Gasteiger partial charge in [-0.2, -0.15) is 0 Å². The molecule has 1 aromatic carbocycles. The first-order valence-corrected chi connectivity index (χ1v) is 10.7. The van der Waals surface area contributed by atoms with Gasteiger partial charge in [0.15, 0.2) is 11.6 Å². The number of Topliss-reactive ketones (excluding diaryl/α,β-unsaturated/α-hetero) is 1. The molecule has 0 N–H and O–H groups in total. The highest BCUT2D eigenvalue weighted by Gasteiger charge is 2.37. The molecule has 1 aromatic heterocycles. The van der Waals surface area contributed by atoms with E-state index in [0.717, 1.165) is 18.7 Å². The van der Waals surface area contributed by atoms with Crippen LogP contribution in [-0.4, -0.2) is 10.8 Å². The van der Waals surface area contributed by atoms with Crippen molar-refractivity contribution in [1.29, 1.82) is 0 Å². The first-order valence-electron chi connectivity index (χ1n) is 10.7. The predicted octanol–water partition coefficient (Wildman–Crippen LogP) is 7.62. The summed E-state index contributed by atoms with van der Waals surface area (Å²) in [5, 5.41) is 0. The molecule has 1 heterocycles. The Hall–Kier alpha value is -2.95. The molecule has 0 radical (unpaired) electrons. The number of halogens is 3. The molecule has 2 aromatic rings. The minimum Gasteiger partial charge on any atom is -0.294 e. The van der Waals surface area contributed by atoms with Gasteiger partial charge in [0.05, 0.1) is 11.8 Å². The molecule has 0 aliphatic heterocycles. The molecular formula is C27H28F3NO. The van der Waals surface area contributed by atoms with E-state index in [1.807, 2.05) is 19.1 Å². The zero-order valence-corrected chi connectivity index (χ0v) is 18.5. The number of aromatic nitrogens is 1. The molecule has 32 heavy (non-hydrogen) atoms. The van der Waals surface area contributed by atoms with E-state index in [0.29, 0.717) is 30.4 Å². The number of ketones is 1. The number of nitrogens with zero attached hydrogens (tertiary/aromatic N) is 1. The molecule has 0 amide bonds. The molecule has 0 saturated carbocycles. The Labute approximate surface area is 187 Å². The van der Waals surface area contributed by atoms with Crippen LogP contribution in [0.25, 0.3) is 11.6 Å². The monoisotopic (exact) mass is 439 g/mol. The Kier molecular flexibility index (Phi) is 6.87. The van der Waals surface area contributed by atoms with Crippen molar-refractivity contribution in [2.75, 3.05) is 0 Å². The van der Waals surface area contributed by atoms with Crippen molar-refractivity contribution >= 4 is 17.4 Å². The van der Waals surface area contributed by atoms with E-state index < -0.39 is 11.7 Å². The average molecular weight is 440 g/mol. The smallest absolute Gasteiger partial charge is 0.271 e. The standard InChI is InChI=1S/C27H28F3NO/c1-5-18-16-31-17-23(28)25(18)24(32)14-13-20-12-11-19(15-26(20,3)6-2)21-9-7-8-10-22(21)27(4,29)30/h5-11,16-17,20H,1-2,12-15H2,3-4H3. The number of carbonyl (C=O) groups excluding carboxylic acids is 1. The molecule has 2 unspecified atom stereocenters. The summed E-state index contributed by atoms with van der Waals surface area (Å²) >= 11 is 0. The second-order valence-corrected chi connectivity index (χ2v) is 8.73. The van der Waals surface area contributed by atoms with E-state index in [-0.39, 0.29) is 34.7 Å². The number of allylic oxidation sites excluding steroid dienone is 3. The van der Waals surface area contributed by atoms with Gasteiger partial charge in [0.1, 0.15) is 0 Å². The first kappa shape index (κ1) is 23.7. The van der Waals surface area contributed by atoms with Crippen molar-refractivity contribution in [2.45, 2.75) is 45.5 Å². The van der Waals surface area contributed by atoms with Crippen LogP contribution in [-0.2, 0) is 5.92 Å². The molecule has 0 spiro atoms. The summed E-state index contributed by atoms with van der Waals surface area (Å²) in [7, 11) is 0. The second-order valence-electron chi connectivity index (χ2n) is 8.73. The third-order valence-corrected chi connectivity index (χ3v) is 6.51. The number of hydrogen-bond acceptors (Lipinski definition) is 2. The molecule has 3 rings (SSSR count). The van der Waals surface area contributed by atoms with Crippen molar-refractivity contribution in [1.82, 2.24) is 4.98 Å². The zero-order valence-electron chi connectivity index (χ0n) is 18.5. The zero-order chi connectivity index (χ0) is 23.5. The summed E-state index contributed by atoms with van der Waals surface area (Å²) < 4.78 is 42.5. The van der Waals surface area contributed by atoms with Crippen molar-refractivity contribution in [2.24, 2.45) is 11.3 Å². The summed E-state index contributed by atoms with van der Waals surface area (Å²) in [4.78, 5) is 16.6. The summed E-state index contributed by atoms with van der Waals surface area (Å²) in [6.07, 6.45) is 9.60. The average Bonchev–Trinajstić information content (AvgIpc) is 2.77. The van der Waals surface area contributed by atoms with Crippen molar-refractivity contribution < 1.29 is 18.0 Å². The maximum Gasteiger partial charge on any atom is 0.271 e. The fourth-order valence-electron chi connectivity index (χ4n) is 4.55. The highest BCUT2D eigenvalue weighted by Crippen LogP contribution is 2.48. The van der Waals surface area contributed by atoms with Crippen LogP contribution in [0.1, 0.15) is 66.6 Å². The SMILES string of the molecule is C=Cc1cncc(F)c1C(=O)CCC1CC=C(c2ccccc2C(C)(F)F)CC1(C)C=C. The first-order chi connectivity index (χ1) is 15.1. The Bertz CT molecular complexity index is 1070. The highest BCUT2D eigenvalue weighted by atomic mass is 19.3. The number of pyridine rings is 1. The second kappa shape index (κ2) is 9.27. The van der Waals surface area contributed by atoms with Crippen molar-refractivity contribution in [3.05, 3.63) is 90.0 Å². The maximum atomic E-state index is 14.2. The third kappa shape index (κ3) is 4.77. The van der Waals surface area contributed by atoms with Crippen LogP contribution in [0.15, 0.2) is 62.0 Å². The molecule has 5 heteroatoms. The number of carbonyl (C=O) groups is 1. The topological polar surface area (TPSA) is 30.0 Å². The normalized spacial score (nSPS) is 21.0. The van der Waals surface area contributed by atoms with Gasteiger partial charge >= 0.3 is 0 Å². The van der Waals surface area contributed by atoms with Gasteiger partial charge in [-0.1, -0.05) is 56.0 Å². The molecule has 0 saturated heterocycles. The van der Waals surface area contributed by atoms with Crippen LogP contribution in [0, 0.1) is 17.2 Å². The van der Waals surface area contributed by atoms with Gasteiger partial charge in [0.25, 0.3) is 5.92 Å². The molecule has 1 aliphatic carbocycles. The van der Waals surface area contributed by atoms with E-state index in [4.69, 9.17) is 0 Å². The lowest BCUT2D eigenvalue weighted by molar-refractivity contribution is 0.0171. The lowest BCUT2D eigenvalue weighted by Gasteiger charge is -2.40. The van der Waals surface area contributed by atoms with Gasteiger partial charge in [-0.05, 0) is 41.7 Å². The van der Waals surface area contributed by atoms with Crippen LogP contribution in [0.4, 0.5) is 13.2 Å². The summed E-state index contributed by atoms with van der Waals surface area (Å²) in [6.45, 7) is 10.6. The van der Waals surface area contributed by atoms with Crippen LogP contribution in [0.2, 0.25) is 0 Å². The molecule has 1 aliphatic rings. The molecule has 0 fully saturated rings. The highest BCUT2D eigenvalue weighted by molar-refractivity contribution is 5.99. The van der Waals surface area contributed by atoms with E-state index in [1.54, 1.807) is 18.2 Å². The van der Waals surface area contributed by atoms with Gasteiger partial charge in [-0.3, -0.25) is 9.78 Å². The fraction of sp³-hybridized carbons (Fsp3) is 0.333. The van der Waals surface area contributed by atoms with Gasteiger partial charge in [-0.25, -0.2) is 13.2 Å². The van der Waals surface area contributed by atoms with Crippen LogP contribution < -0.4 is 0 Å². The fourth-order valence-corrected chi connectivity index (χ4v) is 4.55. The number of hydrogen-bond donors (Lipinski definition) is 0. The van der Waals surface area contributed by atoms with Gasteiger partial charge < -0.3 is 0 Å². The van der Waals surface area contributed by atoms with Crippen molar-refractivity contribution in [3.8, 4) is 0 Å². The minimum absolute atomic E-state index is 0.0106. The van der Waals surface area contributed by atoms with Gasteiger partial charge in [-0.15, -0.1) is 6.58 Å². The Balaban J connectivity index is 1.83. The van der Waals surface area contributed by atoms with Gasteiger partial charge in [0.2, 0.25) is 0 Å². The third-order valence-electron chi connectivity index (χ3n) is 6.51. The van der Waals surface area contributed by atoms with E-state index in [1.165, 1.54) is 18.3 Å². The Morgan fingerprint density at radius 2 is 2.00 bits per heavy atom. The van der Waals surface area contributed by atoms with E-state index in [9.17, 15) is 18.0 Å². The largest absolute Gasteiger partial charge is 0.294 e. The lowest BCUT2D eigenvalue weighted by atomic mass is 9.65.